The number of hydrogen-bond donors (Lipinski definition) is 1. The van der Waals surface area contributed by atoms with Crippen molar-refractivity contribution < 1.29 is 14.3 Å². The van der Waals surface area contributed by atoms with E-state index < -0.39 is 5.97 Å². The van der Waals surface area contributed by atoms with Gasteiger partial charge in [0.15, 0.2) is 5.76 Å². The number of nitrogens with zero attached hydrogens (tertiary/aromatic N) is 2. The van der Waals surface area contributed by atoms with Crippen molar-refractivity contribution in [1.82, 2.24) is 9.78 Å². The molecular weight excluding hydrogens is 232 g/mol. The fourth-order valence-corrected chi connectivity index (χ4v) is 2.09. The Morgan fingerprint density at radius 1 is 1.61 bits per heavy atom. The van der Waals surface area contributed by atoms with Gasteiger partial charge in [0.2, 0.25) is 0 Å². The molecule has 18 heavy (non-hydrogen) atoms. The fourth-order valence-electron chi connectivity index (χ4n) is 2.09. The zero-order valence-electron chi connectivity index (χ0n) is 10.1. The molecule has 94 valence electrons. The van der Waals surface area contributed by atoms with Crippen LogP contribution in [0.3, 0.4) is 0 Å². The van der Waals surface area contributed by atoms with E-state index in [1.165, 1.54) is 12.8 Å². The van der Waals surface area contributed by atoms with Gasteiger partial charge in [0.25, 0.3) is 0 Å². The standard InChI is InChI=1S/C13H14N2O3/c1-15-11(4-5-14-15)12-10(13(16)17)7-9(18-12)6-8-2-3-8/h4-5,7-8H,2-3,6H2,1H3,(H,16,17). The largest absolute Gasteiger partial charge is 0.478 e. The predicted octanol–water partition coefficient (Wildman–Crippen LogP) is 2.33. The van der Waals surface area contributed by atoms with Crippen LogP contribution < -0.4 is 0 Å². The van der Waals surface area contributed by atoms with E-state index >= 15 is 0 Å². The summed E-state index contributed by atoms with van der Waals surface area (Å²) in [7, 11) is 1.77. The van der Waals surface area contributed by atoms with Gasteiger partial charge in [-0.3, -0.25) is 4.68 Å². The number of carbonyl (C=O) groups is 1. The van der Waals surface area contributed by atoms with E-state index in [-0.39, 0.29) is 5.56 Å². The molecule has 0 unspecified atom stereocenters. The van der Waals surface area contributed by atoms with E-state index in [2.05, 4.69) is 5.10 Å². The van der Waals surface area contributed by atoms with Gasteiger partial charge in [0, 0.05) is 19.7 Å². The second kappa shape index (κ2) is 4.01. The van der Waals surface area contributed by atoms with Gasteiger partial charge in [-0.15, -0.1) is 0 Å². The minimum Gasteiger partial charge on any atom is -0.478 e. The minimum absolute atomic E-state index is 0.217. The summed E-state index contributed by atoms with van der Waals surface area (Å²) in [5, 5.41) is 13.3. The molecular formula is C13H14N2O3. The molecule has 2 aromatic rings. The van der Waals surface area contributed by atoms with E-state index in [0.717, 1.165) is 12.2 Å². The lowest BCUT2D eigenvalue weighted by Crippen LogP contribution is -1.99. The summed E-state index contributed by atoms with van der Waals surface area (Å²) in [5.74, 6) is 0.860. The maximum Gasteiger partial charge on any atom is 0.339 e. The molecule has 1 fully saturated rings. The van der Waals surface area contributed by atoms with Crippen LogP contribution in [0.15, 0.2) is 22.7 Å². The lowest BCUT2D eigenvalue weighted by molar-refractivity contribution is 0.0697. The molecule has 1 aliphatic carbocycles. The number of aromatic carboxylic acids is 1. The maximum absolute atomic E-state index is 11.3. The number of aromatic nitrogens is 2. The molecule has 0 aromatic carbocycles. The molecule has 0 atom stereocenters. The molecule has 3 rings (SSSR count). The highest BCUT2D eigenvalue weighted by Gasteiger charge is 2.26. The molecule has 0 bridgehead atoms. The van der Waals surface area contributed by atoms with Gasteiger partial charge in [-0.2, -0.15) is 5.10 Å². The lowest BCUT2D eigenvalue weighted by Gasteiger charge is -1.99. The number of hydrogen-bond acceptors (Lipinski definition) is 3. The third kappa shape index (κ3) is 1.92. The lowest BCUT2D eigenvalue weighted by atomic mass is 10.1. The summed E-state index contributed by atoms with van der Waals surface area (Å²) >= 11 is 0. The summed E-state index contributed by atoms with van der Waals surface area (Å²) in [6.07, 6.45) is 4.89. The molecule has 1 aliphatic rings. The van der Waals surface area contributed by atoms with Gasteiger partial charge in [-0.25, -0.2) is 4.79 Å². The smallest absolute Gasteiger partial charge is 0.339 e. The Balaban J connectivity index is 2.03. The number of rotatable bonds is 4. The van der Waals surface area contributed by atoms with E-state index in [9.17, 15) is 9.90 Å². The highest BCUT2D eigenvalue weighted by molar-refractivity contribution is 5.94. The van der Waals surface area contributed by atoms with E-state index in [1.807, 2.05) is 0 Å². The number of carboxylic acids is 1. The van der Waals surface area contributed by atoms with E-state index in [1.54, 1.807) is 30.1 Å². The van der Waals surface area contributed by atoms with Crippen LogP contribution in [0.5, 0.6) is 0 Å². The predicted molar refractivity (Wildman–Crippen MR) is 64.3 cm³/mol. The summed E-state index contributed by atoms with van der Waals surface area (Å²) in [6.45, 7) is 0. The molecule has 0 saturated heterocycles. The van der Waals surface area contributed by atoms with Crippen LogP contribution in [-0.2, 0) is 13.5 Å². The van der Waals surface area contributed by atoms with Crippen molar-refractivity contribution in [2.45, 2.75) is 19.3 Å². The Labute approximate surface area is 104 Å². The Morgan fingerprint density at radius 2 is 2.39 bits per heavy atom. The Morgan fingerprint density at radius 3 is 2.94 bits per heavy atom. The average Bonchev–Trinajstić information content (AvgIpc) is 2.86. The van der Waals surface area contributed by atoms with Gasteiger partial charge in [-0.05, 0) is 30.9 Å². The molecule has 1 N–H and O–H groups in total. The quantitative estimate of drug-likeness (QED) is 0.899. The molecule has 0 amide bonds. The highest BCUT2D eigenvalue weighted by Crippen LogP contribution is 2.35. The van der Waals surface area contributed by atoms with Crippen molar-refractivity contribution in [3.05, 3.63) is 29.7 Å². The third-order valence-electron chi connectivity index (χ3n) is 3.25. The Hall–Kier alpha value is -2.04. The van der Waals surface area contributed by atoms with Crippen LogP contribution in [0.2, 0.25) is 0 Å². The molecule has 5 nitrogen and oxygen atoms in total. The molecule has 0 aliphatic heterocycles. The van der Waals surface area contributed by atoms with Crippen molar-refractivity contribution >= 4 is 5.97 Å². The van der Waals surface area contributed by atoms with Crippen LogP contribution in [-0.4, -0.2) is 20.9 Å². The first-order valence-corrected chi connectivity index (χ1v) is 5.99. The third-order valence-corrected chi connectivity index (χ3v) is 3.25. The van der Waals surface area contributed by atoms with Crippen LogP contribution in [0.25, 0.3) is 11.5 Å². The SMILES string of the molecule is Cn1nccc1-c1oc(CC2CC2)cc1C(=O)O. The van der Waals surface area contributed by atoms with Crippen molar-refractivity contribution in [1.29, 1.82) is 0 Å². The molecule has 0 radical (unpaired) electrons. The first kappa shape index (κ1) is 11.1. The van der Waals surface area contributed by atoms with Crippen molar-refractivity contribution in [3.8, 4) is 11.5 Å². The van der Waals surface area contributed by atoms with Crippen LogP contribution >= 0.6 is 0 Å². The molecule has 1 saturated carbocycles. The topological polar surface area (TPSA) is 68.3 Å². The van der Waals surface area contributed by atoms with Gasteiger partial charge in [-0.1, -0.05) is 0 Å². The Kier molecular flexibility index (Phi) is 2.47. The van der Waals surface area contributed by atoms with Gasteiger partial charge >= 0.3 is 5.97 Å². The van der Waals surface area contributed by atoms with Crippen LogP contribution in [0, 0.1) is 5.92 Å². The van der Waals surface area contributed by atoms with Crippen LogP contribution in [0.1, 0.15) is 29.0 Å². The first-order chi connectivity index (χ1) is 8.65. The summed E-state index contributed by atoms with van der Waals surface area (Å²) in [6, 6.07) is 3.40. The van der Waals surface area contributed by atoms with Gasteiger partial charge in [0.05, 0.1) is 0 Å². The normalized spacial score (nSPS) is 14.9. The summed E-state index contributed by atoms with van der Waals surface area (Å²) < 4.78 is 7.33. The Bertz CT molecular complexity index is 593. The van der Waals surface area contributed by atoms with E-state index in [4.69, 9.17) is 4.42 Å². The molecule has 2 heterocycles. The second-order valence-corrected chi connectivity index (χ2v) is 4.75. The molecule has 0 spiro atoms. The van der Waals surface area contributed by atoms with Crippen molar-refractivity contribution in [2.75, 3.05) is 0 Å². The number of furan rings is 1. The van der Waals surface area contributed by atoms with Crippen LogP contribution in [0.4, 0.5) is 0 Å². The fraction of sp³-hybridized carbons (Fsp3) is 0.385. The second-order valence-electron chi connectivity index (χ2n) is 4.75. The van der Waals surface area contributed by atoms with E-state index in [0.29, 0.717) is 17.4 Å². The zero-order valence-corrected chi connectivity index (χ0v) is 10.1. The maximum atomic E-state index is 11.3. The number of carboxylic acid groups (broad SMARTS) is 1. The van der Waals surface area contributed by atoms with Crippen molar-refractivity contribution in [3.63, 3.8) is 0 Å². The first-order valence-electron chi connectivity index (χ1n) is 5.99. The monoisotopic (exact) mass is 246 g/mol. The highest BCUT2D eigenvalue weighted by atomic mass is 16.4. The zero-order chi connectivity index (χ0) is 12.7. The summed E-state index contributed by atoms with van der Waals surface area (Å²) in [5.41, 5.74) is 0.906. The van der Waals surface area contributed by atoms with Gasteiger partial charge in [0.1, 0.15) is 17.0 Å². The molecule has 5 heteroatoms. The number of aryl methyl sites for hydroxylation is 1. The molecule has 2 aromatic heterocycles. The average molecular weight is 246 g/mol. The summed E-state index contributed by atoms with van der Waals surface area (Å²) in [4.78, 5) is 11.3. The van der Waals surface area contributed by atoms with Gasteiger partial charge < -0.3 is 9.52 Å². The minimum atomic E-state index is -0.961. The van der Waals surface area contributed by atoms with Crippen molar-refractivity contribution in [2.24, 2.45) is 13.0 Å².